The van der Waals surface area contributed by atoms with Gasteiger partial charge in [-0.3, -0.25) is 4.79 Å². The average Bonchev–Trinajstić information content (AvgIpc) is 2.58. The van der Waals surface area contributed by atoms with Crippen molar-refractivity contribution in [1.82, 2.24) is 0 Å². The van der Waals surface area contributed by atoms with Crippen LogP contribution in [-0.2, 0) is 9.53 Å². The summed E-state index contributed by atoms with van der Waals surface area (Å²) in [6, 6.07) is 0. The molecule has 0 rings (SSSR count). The largest absolute Gasteiger partial charge is 0.465 e. The fourth-order valence-electron chi connectivity index (χ4n) is 2.03. The molecule has 0 N–H and O–H groups in total. The van der Waals surface area contributed by atoms with Gasteiger partial charge in [-0.2, -0.15) is 57.1 Å². The monoisotopic (exact) mass is 476 g/mol. The van der Waals surface area contributed by atoms with Crippen molar-refractivity contribution in [3.05, 3.63) is 0 Å². The normalized spacial score (nSPS) is 16.9. The molecule has 0 fully saturated rings. The van der Waals surface area contributed by atoms with Crippen LogP contribution < -0.4 is 0 Å². The first-order chi connectivity index (χ1) is 13.1. The van der Waals surface area contributed by atoms with Crippen LogP contribution in [0.5, 0.6) is 0 Å². The third-order valence-corrected chi connectivity index (χ3v) is 4.39. The highest BCUT2D eigenvalue weighted by Gasteiger charge is 2.91. The van der Waals surface area contributed by atoms with E-state index in [1.54, 1.807) is 6.92 Å². The number of hydrogen-bond acceptors (Lipinski definition) is 2. The zero-order valence-electron chi connectivity index (χ0n) is 15.5. The number of esters is 1. The summed E-state index contributed by atoms with van der Waals surface area (Å²) in [6.45, 7) is 1.72. The van der Waals surface area contributed by atoms with Crippen LogP contribution in [-0.4, -0.2) is 48.4 Å². The standard InChI is InChI=1S/C15H17F13O2/c1-4-5-6-30-9(29)7(2)8(3)10(16,17)11(18,19)12(20,21)13(22,23)14(24,25)15(26,27)28/h7-8H,4-6H2,1-3H3. The average molecular weight is 476 g/mol. The maximum absolute atomic E-state index is 14.0. The zero-order valence-corrected chi connectivity index (χ0v) is 15.5. The van der Waals surface area contributed by atoms with Gasteiger partial charge in [0, 0.05) is 5.92 Å². The number of carbonyl (C=O) groups is 1. The fourth-order valence-corrected chi connectivity index (χ4v) is 2.03. The molecule has 0 amide bonds. The van der Waals surface area contributed by atoms with Gasteiger partial charge in [0.25, 0.3) is 0 Å². The predicted molar refractivity (Wildman–Crippen MR) is 75.0 cm³/mol. The molecule has 0 bridgehead atoms. The first-order valence-corrected chi connectivity index (χ1v) is 8.18. The number of carbonyl (C=O) groups excluding carboxylic acids is 1. The molecule has 0 aromatic carbocycles. The summed E-state index contributed by atoms with van der Waals surface area (Å²) < 4.78 is 175. The molecular weight excluding hydrogens is 459 g/mol. The lowest BCUT2D eigenvalue weighted by Gasteiger charge is -2.41. The molecule has 2 atom stereocenters. The molecule has 0 aliphatic heterocycles. The van der Waals surface area contributed by atoms with E-state index in [0.29, 0.717) is 13.3 Å². The lowest BCUT2D eigenvalue weighted by molar-refractivity contribution is -0.443. The van der Waals surface area contributed by atoms with E-state index < -0.39 is 53.6 Å². The van der Waals surface area contributed by atoms with Gasteiger partial charge in [0.15, 0.2) is 0 Å². The Bertz CT molecular complexity index is 598. The molecule has 0 aromatic rings. The van der Waals surface area contributed by atoms with Gasteiger partial charge in [-0.25, -0.2) is 0 Å². The Labute approximate surface area is 161 Å². The van der Waals surface area contributed by atoms with E-state index in [9.17, 15) is 61.9 Å². The SMILES string of the molecule is CCCCOC(=O)C(C)C(C)C(F)(F)C(F)(F)C(F)(F)C(F)(F)C(F)(F)C(F)(F)F. The molecule has 2 unspecified atom stereocenters. The highest BCUT2D eigenvalue weighted by atomic mass is 19.4. The van der Waals surface area contributed by atoms with Gasteiger partial charge in [-0.15, -0.1) is 0 Å². The molecule has 180 valence electrons. The Morgan fingerprint density at radius 2 is 1.13 bits per heavy atom. The molecular formula is C15H17F13O2. The maximum atomic E-state index is 14.0. The van der Waals surface area contributed by atoms with E-state index in [4.69, 9.17) is 0 Å². The molecule has 0 aromatic heterocycles. The Morgan fingerprint density at radius 3 is 1.50 bits per heavy atom. The first kappa shape index (κ1) is 28.6. The number of ether oxygens (including phenoxy) is 1. The van der Waals surface area contributed by atoms with Crippen molar-refractivity contribution in [2.75, 3.05) is 6.61 Å². The second-order valence-corrected chi connectivity index (χ2v) is 6.52. The van der Waals surface area contributed by atoms with Crippen molar-refractivity contribution in [3.8, 4) is 0 Å². The van der Waals surface area contributed by atoms with E-state index in [2.05, 4.69) is 4.74 Å². The number of rotatable bonds is 10. The van der Waals surface area contributed by atoms with Crippen LogP contribution in [0.2, 0.25) is 0 Å². The summed E-state index contributed by atoms with van der Waals surface area (Å²) in [4.78, 5) is 11.6. The van der Waals surface area contributed by atoms with E-state index >= 15 is 0 Å². The summed E-state index contributed by atoms with van der Waals surface area (Å²) in [6.07, 6.45) is -6.84. The molecule has 0 aliphatic carbocycles. The maximum Gasteiger partial charge on any atom is 0.460 e. The molecule has 0 saturated carbocycles. The first-order valence-electron chi connectivity index (χ1n) is 8.18. The van der Waals surface area contributed by atoms with Crippen molar-refractivity contribution >= 4 is 5.97 Å². The van der Waals surface area contributed by atoms with Crippen molar-refractivity contribution < 1.29 is 66.6 Å². The Kier molecular flexibility index (Phi) is 8.18. The molecule has 0 radical (unpaired) electrons. The van der Waals surface area contributed by atoms with E-state index in [-0.39, 0.29) is 20.0 Å². The van der Waals surface area contributed by atoms with Gasteiger partial charge in [0.2, 0.25) is 0 Å². The molecule has 30 heavy (non-hydrogen) atoms. The highest BCUT2D eigenvalue weighted by molar-refractivity contribution is 5.72. The Balaban J connectivity index is 6.09. The molecule has 2 nitrogen and oxygen atoms in total. The Hall–Kier alpha value is -1.44. The number of unbranched alkanes of at least 4 members (excludes halogenated alkanes) is 1. The van der Waals surface area contributed by atoms with Gasteiger partial charge in [-0.05, 0) is 6.42 Å². The minimum absolute atomic E-state index is 0.0236. The molecule has 0 aliphatic rings. The van der Waals surface area contributed by atoms with Gasteiger partial charge >= 0.3 is 41.8 Å². The summed E-state index contributed by atoms with van der Waals surface area (Å²) in [5, 5.41) is 0. The van der Waals surface area contributed by atoms with Gasteiger partial charge in [0.1, 0.15) is 0 Å². The second kappa shape index (κ2) is 8.60. The van der Waals surface area contributed by atoms with E-state index in [0.717, 1.165) is 0 Å². The molecule has 15 heteroatoms. The zero-order chi connectivity index (χ0) is 24.6. The van der Waals surface area contributed by atoms with Crippen molar-refractivity contribution in [2.45, 2.75) is 69.4 Å². The minimum Gasteiger partial charge on any atom is -0.465 e. The number of alkyl halides is 13. The van der Waals surface area contributed by atoms with Crippen LogP contribution in [0.25, 0.3) is 0 Å². The minimum atomic E-state index is -7.96. The van der Waals surface area contributed by atoms with E-state index in [1.165, 1.54) is 0 Å². The quantitative estimate of drug-likeness (QED) is 0.209. The van der Waals surface area contributed by atoms with Crippen LogP contribution >= 0.6 is 0 Å². The van der Waals surface area contributed by atoms with Crippen LogP contribution in [0.15, 0.2) is 0 Å². The third-order valence-electron chi connectivity index (χ3n) is 4.39. The fraction of sp³-hybridized carbons (Fsp3) is 0.933. The van der Waals surface area contributed by atoms with Crippen LogP contribution in [0.3, 0.4) is 0 Å². The lowest BCUT2D eigenvalue weighted by atomic mass is 9.82. The summed E-state index contributed by atoms with van der Waals surface area (Å²) >= 11 is 0. The summed E-state index contributed by atoms with van der Waals surface area (Å²) in [5.74, 6) is -44.5. The number of halogens is 13. The molecule has 0 heterocycles. The highest BCUT2D eigenvalue weighted by Crippen LogP contribution is 2.61. The van der Waals surface area contributed by atoms with Crippen LogP contribution in [0, 0.1) is 11.8 Å². The van der Waals surface area contributed by atoms with Gasteiger partial charge < -0.3 is 4.74 Å². The topological polar surface area (TPSA) is 26.3 Å². The molecule has 0 saturated heterocycles. The smallest absolute Gasteiger partial charge is 0.460 e. The third kappa shape index (κ3) is 4.43. The van der Waals surface area contributed by atoms with Gasteiger partial charge in [-0.1, -0.05) is 27.2 Å². The van der Waals surface area contributed by atoms with Crippen LogP contribution in [0.4, 0.5) is 57.1 Å². The van der Waals surface area contributed by atoms with Crippen LogP contribution in [0.1, 0.15) is 33.6 Å². The van der Waals surface area contributed by atoms with Crippen molar-refractivity contribution in [3.63, 3.8) is 0 Å². The number of hydrogen-bond donors (Lipinski definition) is 0. The van der Waals surface area contributed by atoms with Crippen molar-refractivity contribution in [1.29, 1.82) is 0 Å². The van der Waals surface area contributed by atoms with E-state index in [1.807, 2.05) is 0 Å². The van der Waals surface area contributed by atoms with Gasteiger partial charge in [0.05, 0.1) is 12.5 Å². The molecule has 0 spiro atoms. The summed E-state index contributed by atoms with van der Waals surface area (Å²) in [7, 11) is 0. The second-order valence-electron chi connectivity index (χ2n) is 6.52. The van der Waals surface area contributed by atoms with Crippen molar-refractivity contribution in [2.24, 2.45) is 11.8 Å². The Morgan fingerprint density at radius 1 is 0.733 bits per heavy atom. The predicted octanol–water partition coefficient (Wildman–Crippen LogP) is 6.34. The summed E-state index contributed by atoms with van der Waals surface area (Å²) in [5.41, 5.74) is 0. The lowest BCUT2D eigenvalue weighted by Crippen LogP contribution is -2.71.